The number of benzene rings is 2. The van der Waals surface area contributed by atoms with Crippen LogP contribution in [0.4, 0.5) is 16.4 Å². The number of halogens is 1. The fourth-order valence-electron chi connectivity index (χ4n) is 3.63. The van der Waals surface area contributed by atoms with E-state index in [1.54, 1.807) is 28.1 Å². The summed E-state index contributed by atoms with van der Waals surface area (Å²) in [6.07, 6.45) is 1.34. The molecule has 2 heterocycles. The van der Waals surface area contributed by atoms with Crippen LogP contribution in [0.2, 0.25) is 5.02 Å². The van der Waals surface area contributed by atoms with Crippen LogP contribution in [-0.4, -0.2) is 63.5 Å². The average Bonchev–Trinajstić information content (AvgIpc) is 2.84. The highest BCUT2D eigenvalue weighted by atomic mass is 35.5. The molecule has 0 spiro atoms. The number of nitrogens with zero attached hydrogens (tertiary/aromatic N) is 4. The van der Waals surface area contributed by atoms with Crippen molar-refractivity contribution in [2.24, 2.45) is 0 Å². The molecule has 1 N–H and O–H groups in total. The van der Waals surface area contributed by atoms with Gasteiger partial charge in [0.05, 0.1) is 5.69 Å². The molecule has 3 aromatic rings. The molecule has 2 amide bonds. The Bertz CT molecular complexity index is 1180. The predicted octanol–water partition coefficient (Wildman–Crippen LogP) is 5.23. The molecular formula is C26H28ClN5O3. The number of anilines is 2. The molecule has 0 bridgehead atoms. The fraction of sp³-hybridized carbons (Fsp3) is 0.308. The summed E-state index contributed by atoms with van der Waals surface area (Å²) in [4.78, 5) is 37.4. The number of carbonyl (C=O) groups excluding carboxylic acids is 2. The topological polar surface area (TPSA) is 87.7 Å². The molecular weight excluding hydrogens is 466 g/mol. The number of aromatic nitrogens is 2. The molecule has 1 aliphatic heterocycles. The van der Waals surface area contributed by atoms with E-state index in [1.165, 1.54) is 0 Å². The van der Waals surface area contributed by atoms with Gasteiger partial charge in [0, 0.05) is 54.2 Å². The molecule has 1 aliphatic rings. The molecule has 0 unspecified atom stereocenters. The molecule has 2 aromatic carbocycles. The second-order valence-electron chi connectivity index (χ2n) is 9.23. The van der Waals surface area contributed by atoms with E-state index in [0.29, 0.717) is 42.7 Å². The van der Waals surface area contributed by atoms with Gasteiger partial charge in [-0.15, -0.1) is 0 Å². The third-order valence-corrected chi connectivity index (χ3v) is 5.65. The molecule has 4 rings (SSSR count). The molecule has 0 saturated carbocycles. The lowest BCUT2D eigenvalue weighted by molar-refractivity contribution is 0.0141. The van der Waals surface area contributed by atoms with Gasteiger partial charge in [-0.3, -0.25) is 4.79 Å². The molecule has 1 fully saturated rings. The summed E-state index contributed by atoms with van der Waals surface area (Å²) in [6, 6.07) is 16.5. The van der Waals surface area contributed by atoms with Crippen LogP contribution >= 0.6 is 11.6 Å². The molecule has 0 atom stereocenters. The number of hydrogen-bond donors (Lipinski definition) is 1. The van der Waals surface area contributed by atoms with E-state index >= 15 is 0 Å². The van der Waals surface area contributed by atoms with Crippen LogP contribution in [0.1, 0.15) is 31.1 Å². The average molecular weight is 494 g/mol. The quantitative estimate of drug-likeness (QED) is 0.535. The molecule has 8 nitrogen and oxygen atoms in total. The van der Waals surface area contributed by atoms with Crippen molar-refractivity contribution in [2.45, 2.75) is 26.4 Å². The van der Waals surface area contributed by atoms with Gasteiger partial charge in [0.2, 0.25) is 5.95 Å². The van der Waals surface area contributed by atoms with E-state index in [0.717, 1.165) is 16.9 Å². The minimum absolute atomic E-state index is 0.0682. The Morgan fingerprint density at radius 1 is 0.914 bits per heavy atom. The molecule has 9 heteroatoms. The number of hydrogen-bond acceptors (Lipinski definition) is 6. The van der Waals surface area contributed by atoms with Crippen molar-refractivity contribution >= 4 is 35.2 Å². The third kappa shape index (κ3) is 6.48. The Labute approximate surface area is 209 Å². The maximum atomic E-state index is 12.9. The van der Waals surface area contributed by atoms with E-state index in [9.17, 15) is 9.59 Å². The van der Waals surface area contributed by atoms with Crippen LogP contribution in [0.25, 0.3) is 11.3 Å². The number of rotatable bonds is 4. The normalized spacial score (nSPS) is 13.9. The van der Waals surface area contributed by atoms with Crippen LogP contribution in [0.3, 0.4) is 0 Å². The second kappa shape index (κ2) is 10.3. The summed E-state index contributed by atoms with van der Waals surface area (Å²) in [7, 11) is 0. The summed E-state index contributed by atoms with van der Waals surface area (Å²) >= 11 is 5.97. The second-order valence-corrected chi connectivity index (χ2v) is 9.67. The maximum Gasteiger partial charge on any atom is 0.410 e. The lowest BCUT2D eigenvalue weighted by atomic mass is 10.1. The van der Waals surface area contributed by atoms with Gasteiger partial charge in [-0.25, -0.2) is 14.8 Å². The number of carbonyl (C=O) groups is 2. The van der Waals surface area contributed by atoms with Crippen LogP contribution in [0.15, 0.2) is 60.8 Å². The number of ether oxygens (including phenoxy) is 1. The zero-order valence-corrected chi connectivity index (χ0v) is 20.7. The fourth-order valence-corrected chi connectivity index (χ4v) is 3.75. The van der Waals surface area contributed by atoms with Crippen molar-refractivity contribution in [1.29, 1.82) is 0 Å². The van der Waals surface area contributed by atoms with E-state index in [2.05, 4.69) is 15.3 Å². The highest BCUT2D eigenvalue weighted by Crippen LogP contribution is 2.22. The minimum atomic E-state index is -0.540. The SMILES string of the molecule is CC(C)(C)OC(=O)N1CCN(C(=O)c2ccc(Nc3nccc(-c4ccc(Cl)cc4)n3)cc2)CC1. The number of piperazine rings is 1. The van der Waals surface area contributed by atoms with Gasteiger partial charge >= 0.3 is 6.09 Å². The standard InChI is InChI=1S/C26H28ClN5O3/c1-26(2,3)35-25(34)32-16-14-31(15-17-32)23(33)19-6-10-21(11-7-19)29-24-28-13-12-22(30-24)18-4-8-20(27)9-5-18/h4-13H,14-17H2,1-3H3,(H,28,29,30). The Morgan fingerprint density at radius 2 is 1.54 bits per heavy atom. The minimum Gasteiger partial charge on any atom is -0.444 e. The van der Waals surface area contributed by atoms with E-state index in [1.807, 2.05) is 63.2 Å². The summed E-state index contributed by atoms with van der Waals surface area (Å²) in [5.74, 6) is 0.385. The summed E-state index contributed by atoms with van der Waals surface area (Å²) in [5, 5.41) is 3.84. The first-order valence-corrected chi connectivity index (χ1v) is 11.8. The summed E-state index contributed by atoms with van der Waals surface area (Å²) < 4.78 is 5.42. The van der Waals surface area contributed by atoms with Gasteiger partial charge in [0.25, 0.3) is 5.91 Å². The van der Waals surface area contributed by atoms with Gasteiger partial charge in [-0.1, -0.05) is 23.7 Å². The largest absolute Gasteiger partial charge is 0.444 e. The first kappa shape index (κ1) is 24.5. The molecule has 182 valence electrons. The Hall–Kier alpha value is -3.65. The number of amides is 2. The van der Waals surface area contributed by atoms with Gasteiger partial charge < -0.3 is 19.9 Å². The van der Waals surface area contributed by atoms with E-state index in [-0.39, 0.29) is 12.0 Å². The van der Waals surface area contributed by atoms with Gasteiger partial charge in [-0.2, -0.15) is 0 Å². The van der Waals surface area contributed by atoms with Crippen molar-refractivity contribution in [3.63, 3.8) is 0 Å². The molecule has 1 saturated heterocycles. The number of nitrogens with one attached hydrogen (secondary N) is 1. The predicted molar refractivity (Wildman–Crippen MR) is 136 cm³/mol. The van der Waals surface area contributed by atoms with Crippen molar-refractivity contribution < 1.29 is 14.3 Å². The first-order chi connectivity index (χ1) is 16.7. The monoisotopic (exact) mass is 493 g/mol. The van der Waals surface area contributed by atoms with Gasteiger partial charge in [0.15, 0.2) is 0 Å². The molecule has 0 aliphatic carbocycles. The van der Waals surface area contributed by atoms with Crippen LogP contribution in [0.5, 0.6) is 0 Å². The van der Waals surface area contributed by atoms with E-state index in [4.69, 9.17) is 16.3 Å². The van der Waals surface area contributed by atoms with Crippen LogP contribution < -0.4 is 5.32 Å². The summed E-state index contributed by atoms with van der Waals surface area (Å²) in [5.41, 5.74) is 2.52. The molecule has 0 radical (unpaired) electrons. The Morgan fingerprint density at radius 3 is 2.17 bits per heavy atom. The van der Waals surface area contributed by atoms with Gasteiger partial charge in [0.1, 0.15) is 5.60 Å². The van der Waals surface area contributed by atoms with Crippen molar-refractivity contribution in [3.8, 4) is 11.3 Å². The highest BCUT2D eigenvalue weighted by Gasteiger charge is 2.28. The van der Waals surface area contributed by atoms with Crippen molar-refractivity contribution in [2.75, 3.05) is 31.5 Å². The smallest absolute Gasteiger partial charge is 0.410 e. The zero-order chi connectivity index (χ0) is 25.0. The molecule has 35 heavy (non-hydrogen) atoms. The van der Waals surface area contributed by atoms with E-state index < -0.39 is 5.60 Å². The van der Waals surface area contributed by atoms with Crippen LogP contribution in [-0.2, 0) is 4.74 Å². The lowest BCUT2D eigenvalue weighted by Gasteiger charge is -2.35. The van der Waals surface area contributed by atoms with Crippen molar-refractivity contribution in [3.05, 3.63) is 71.4 Å². The first-order valence-electron chi connectivity index (χ1n) is 11.4. The lowest BCUT2D eigenvalue weighted by Crippen LogP contribution is -2.51. The summed E-state index contributed by atoms with van der Waals surface area (Å²) in [6.45, 7) is 7.33. The molecule has 1 aromatic heterocycles. The zero-order valence-electron chi connectivity index (χ0n) is 20.0. The maximum absolute atomic E-state index is 12.9. The Balaban J connectivity index is 1.35. The van der Waals surface area contributed by atoms with Crippen LogP contribution in [0, 0.1) is 0 Å². The highest BCUT2D eigenvalue weighted by molar-refractivity contribution is 6.30. The third-order valence-electron chi connectivity index (χ3n) is 5.40. The Kier molecular flexibility index (Phi) is 7.21. The van der Waals surface area contributed by atoms with Crippen molar-refractivity contribution in [1.82, 2.24) is 19.8 Å². The van der Waals surface area contributed by atoms with Gasteiger partial charge in [-0.05, 0) is 63.2 Å².